The fourth-order valence-electron chi connectivity index (χ4n) is 3.55. The van der Waals surface area contributed by atoms with Crippen molar-refractivity contribution >= 4 is 39.7 Å². The van der Waals surface area contributed by atoms with E-state index in [9.17, 15) is 0 Å². The predicted octanol–water partition coefficient (Wildman–Crippen LogP) is 4.87. The summed E-state index contributed by atoms with van der Waals surface area (Å²) in [4.78, 5) is 4.69. The standard InChI is InChI=1S/C23H25N7/c1-14-10-15(21-18(25-3)12-17(24-2)13-19(21)26-4)11-20-22(14)28-23(30-29-20)27-16-8-6-5-7-9-16/h5-13,24-26H,1-4H3,(H,27,28,30). The maximum Gasteiger partial charge on any atom is 0.247 e. The van der Waals surface area contributed by atoms with Gasteiger partial charge in [-0.05, 0) is 54.4 Å². The van der Waals surface area contributed by atoms with Crippen LogP contribution in [-0.4, -0.2) is 36.3 Å². The van der Waals surface area contributed by atoms with Crippen LogP contribution < -0.4 is 21.3 Å². The molecule has 0 amide bonds. The molecule has 0 bridgehead atoms. The lowest BCUT2D eigenvalue weighted by atomic mass is 9.98. The van der Waals surface area contributed by atoms with Crippen molar-refractivity contribution in [1.82, 2.24) is 15.2 Å². The monoisotopic (exact) mass is 399 g/mol. The summed E-state index contributed by atoms with van der Waals surface area (Å²) < 4.78 is 0. The van der Waals surface area contributed by atoms with Gasteiger partial charge >= 0.3 is 0 Å². The second-order valence-corrected chi connectivity index (χ2v) is 6.98. The molecular formula is C23H25N7. The molecule has 0 spiro atoms. The van der Waals surface area contributed by atoms with Gasteiger partial charge in [0.2, 0.25) is 5.95 Å². The van der Waals surface area contributed by atoms with Gasteiger partial charge in [-0.1, -0.05) is 18.2 Å². The summed E-state index contributed by atoms with van der Waals surface area (Å²) in [6, 6.07) is 18.2. The van der Waals surface area contributed by atoms with Crippen LogP contribution in [0.1, 0.15) is 5.56 Å². The SMILES string of the molecule is CNc1cc(NC)c(-c2cc(C)c3nc(Nc4ccccc4)nnc3c2)c(NC)c1. The third-order valence-electron chi connectivity index (χ3n) is 5.03. The molecule has 152 valence electrons. The van der Waals surface area contributed by atoms with Gasteiger partial charge in [0.1, 0.15) is 5.52 Å². The van der Waals surface area contributed by atoms with Gasteiger partial charge < -0.3 is 21.3 Å². The average Bonchev–Trinajstić information content (AvgIpc) is 2.79. The van der Waals surface area contributed by atoms with Gasteiger partial charge in [-0.2, -0.15) is 0 Å². The number of nitrogens with zero attached hydrogens (tertiary/aromatic N) is 3. The van der Waals surface area contributed by atoms with Crippen LogP contribution in [0.25, 0.3) is 22.2 Å². The van der Waals surface area contributed by atoms with Crippen molar-refractivity contribution in [2.45, 2.75) is 6.92 Å². The first-order chi connectivity index (χ1) is 14.6. The molecule has 0 radical (unpaired) electrons. The molecule has 0 saturated carbocycles. The van der Waals surface area contributed by atoms with Crippen LogP contribution >= 0.6 is 0 Å². The second-order valence-electron chi connectivity index (χ2n) is 6.98. The Morgan fingerprint density at radius 3 is 2.07 bits per heavy atom. The maximum absolute atomic E-state index is 4.69. The zero-order valence-corrected chi connectivity index (χ0v) is 17.5. The minimum atomic E-state index is 0.481. The Hall–Kier alpha value is -3.87. The third-order valence-corrected chi connectivity index (χ3v) is 5.03. The summed E-state index contributed by atoms with van der Waals surface area (Å²) in [6.07, 6.45) is 0. The highest BCUT2D eigenvalue weighted by Crippen LogP contribution is 2.39. The number of aryl methyl sites for hydroxylation is 1. The highest BCUT2D eigenvalue weighted by molar-refractivity contribution is 5.95. The van der Waals surface area contributed by atoms with E-state index in [2.05, 4.69) is 49.7 Å². The van der Waals surface area contributed by atoms with Gasteiger partial charge in [0.05, 0.1) is 5.52 Å². The molecule has 0 atom stereocenters. The zero-order valence-electron chi connectivity index (χ0n) is 17.5. The molecule has 0 fully saturated rings. The Labute approximate surface area is 176 Å². The number of fused-ring (bicyclic) bond motifs is 1. The number of hydrogen-bond donors (Lipinski definition) is 4. The lowest BCUT2D eigenvalue weighted by Gasteiger charge is -2.18. The zero-order chi connectivity index (χ0) is 21.1. The molecule has 1 heterocycles. The van der Waals surface area contributed by atoms with Gasteiger partial charge in [-0.15, -0.1) is 10.2 Å². The first-order valence-corrected chi connectivity index (χ1v) is 9.81. The van der Waals surface area contributed by atoms with E-state index in [1.165, 1.54) is 0 Å². The van der Waals surface area contributed by atoms with Crippen molar-refractivity contribution in [1.29, 1.82) is 0 Å². The van der Waals surface area contributed by atoms with Crippen LogP contribution in [0.3, 0.4) is 0 Å². The lowest BCUT2D eigenvalue weighted by Crippen LogP contribution is -2.03. The number of hydrogen-bond acceptors (Lipinski definition) is 7. The molecule has 0 unspecified atom stereocenters. The van der Waals surface area contributed by atoms with Gasteiger partial charge in [0.25, 0.3) is 0 Å². The number of benzene rings is 3. The summed E-state index contributed by atoms with van der Waals surface area (Å²) in [5.41, 5.74) is 8.75. The molecule has 4 N–H and O–H groups in total. The largest absolute Gasteiger partial charge is 0.388 e. The van der Waals surface area contributed by atoms with E-state index < -0.39 is 0 Å². The number of aromatic nitrogens is 3. The van der Waals surface area contributed by atoms with Crippen molar-refractivity contribution in [3.8, 4) is 11.1 Å². The number of anilines is 5. The average molecular weight is 400 g/mol. The summed E-state index contributed by atoms with van der Waals surface area (Å²) in [5, 5.41) is 21.7. The molecule has 4 aromatic rings. The first kappa shape index (κ1) is 19.4. The molecule has 7 heteroatoms. The topological polar surface area (TPSA) is 86.8 Å². The number of nitrogens with one attached hydrogen (secondary N) is 4. The van der Waals surface area contributed by atoms with E-state index in [1.807, 2.05) is 64.5 Å². The maximum atomic E-state index is 4.69. The van der Waals surface area contributed by atoms with Crippen molar-refractivity contribution in [3.05, 3.63) is 60.2 Å². The molecule has 0 aliphatic carbocycles. The Morgan fingerprint density at radius 1 is 0.733 bits per heavy atom. The molecule has 30 heavy (non-hydrogen) atoms. The molecule has 4 rings (SSSR count). The van der Waals surface area contributed by atoms with Crippen molar-refractivity contribution in [2.24, 2.45) is 0 Å². The van der Waals surface area contributed by atoms with Gasteiger partial charge in [0.15, 0.2) is 0 Å². The molecule has 7 nitrogen and oxygen atoms in total. The smallest absolute Gasteiger partial charge is 0.247 e. The number of rotatable bonds is 6. The van der Waals surface area contributed by atoms with Crippen LogP contribution in [0, 0.1) is 6.92 Å². The molecule has 0 saturated heterocycles. The van der Waals surface area contributed by atoms with Gasteiger partial charge in [-0.3, -0.25) is 0 Å². The number of para-hydroxylation sites is 1. The van der Waals surface area contributed by atoms with E-state index in [4.69, 9.17) is 4.98 Å². The highest BCUT2D eigenvalue weighted by Gasteiger charge is 2.15. The van der Waals surface area contributed by atoms with Crippen LogP contribution in [-0.2, 0) is 0 Å². The third kappa shape index (κ3) is 3.69. The molecule has 1 aromatic heterocycles. The first-order valence-electron chi connectivity index (χ1n) is 9.81. The summed E-state index contributed by atoms with van der Waals surface area (Å²) >= 11 is 0. The van der Waals surface area contributed by atoms with Crippen LogP contribution in [0.15, 0.2) is 54.6 Å². The van der Waals surface area contributed by atoms with E-state index in [1.54, 1.807) is 0 Å². The Morgan fingerprint density at radius 2 is 1.43 bits per heavy atom. The fraction of sp³-hybridized carbons (Fsp3) is 0.174. The van der Waals surface area contributed by atoms with E-state index >= 15 is 0 Å². The Kier molecular flexibility index (Phi) is 5.34. The molecule has 0 aliphatic rings. The summed E-state index contributed by atoms with van der Waals surface area (Å²) in [6.45, 7) is 2.05. The normalized spacial score (nSPS) is 10.7. The quantitative estimate of drug-likeness (QED) is 0.368. The molecule has 3 aromatic carbocycles. The summed E-state index contributed by atoms with van der Waals surface area (Å²) in [7, 11) is 5.76. The summed E-state index contributed by atoms with van der Waals surface area (Å²) in [5.74, 6) is 0.481. The van der Waals surface area contributed by atoms with E-state index in [0.717, 1.165) is 50.5 Å². The minimum absolute atomic E-state index is 0.481. The van der Waals surface area contributed by atoms with E-state index in [-0.39, 0.29) is 0 Å². The van der Waals surface area contributed by atoms with Gasteiger partial charge in [0, 0.05) is 49.5 Å². The van der Waals surface area contributed by atoms with Crippen molar-refractivity contribution in [3.63, 3.8) is 0 Å². The van der Waals surface area contributed by atoms with E-state index in [0.29, 0.717) is 5.95 Å². The predicted molar refractivity (Wildman–Crippen MR) is 126 cm³/mol. The minimum Gasteiger partial charge on any atom is -0.388 e. The molecular weight excluding hydrogens is 374 g/mol. The van der Waals surface area contributed by atoms with Gasteiger partial charge in [-0.25, -0.2) is 4.98 Å². The molecule has 0 aliphatic heterocycles. The highest BCUT2D eigenvalue weighted by atomic mass is 15.2. The van der Waals surface area contributed by atoms with Crippen LogP contribution in [0.4, 0.5) is 28.7 Å². The van der Waals surface area contributed by atoms with Crippen LogP contribution in [0.5, 0.6) is 0 Å². The van der Waals surface area contributed by atoms with Crippen molar-refractivity contribution < 1.29 is 0 Å². The van der Waals surface area contributed by atoms with Crippen molar-refractivity contribution in [2.75, 3.05) is 42.4 Å². The lowest BCUT2D eigenvalue weighted by molar-refractivity contribution is 1.03. The Bertz CT molecular complexity index is 1160. The second kappa shape index (κ2) is 8.24. The Balaban J connectivity index is 1.80. The van der Waals surface area contributed by atoms with Crippen LogP contribution in [0.2, 0.25) is 0 Å². The fourth-order valence-corrected chi connectivity index (χ4v) is 3.55.